The van der Waals surface area contributed by atoms with Gasteiger partial charge < -0.3 is 5.32 Å². The van der Waals surface area contributed by atoms with Crippen molar-refractivity contribution >= 4 is 38.9 Å². The smallest absolute Gasteiger partial charge is 0.232 e. The lowest BCUT2D eigenvalue weighted by atomic mass is 10.1. The van der Waals surface area contributed by atoms with E-state index in [1.165, 1.54) is 0 Å². The summed E-state index contributed by atoms with van der Waals surface area (Å²) < 4.78 is 27.9. The third kappa shape index (κ3) is 5.31. The maximum absolute atomic E-state index is 12.7. The molecule has 7 nitrogen and oxygen atoms in total. The van der Waals surface area contributed by atoms with Crippen LogP contribution in [0.1, 0.15) is 35.0 Å². The van der Waals surface area contributed by atoms with Crippen molar-refractivity contribution in [2.75, 3.05) is 15.8 Å². The van der Waals surface area contributed by atoms with Crippen molar-refractivity contribution in [3.63, 3.8) is 0 Å². The fraction of sp³-hybridized carbons (Fsp3) is 0.304. The van der Waals surface area contributed by atoms with Crippen molar-refractivity contribution in [1.82, 2.24) is 9.78 Å². The molecule has 0 unspecified atom stereocenters. The second kappa shape index (κ2) is 9.34. The van der Waals surface area contributed by atoms with Crippen molar-refractivity contribution in [2.24, 2.45) is 0 Å². The molecule has 9 heteroatoms. The van der Waals surface area contributed by atoms with E-state index in [1.807, 2.05) is 39.0 Å². The number of amides is 1. The molecule has 2 N–H and O–H groups in total. The summed E-state index contributed by atoms with van der Waals surface area (Å²) in [7, 11) is -3.36. The number of benzene rings is 2. The van der Waals surface area contributed by atoms with Crippen molar-refractivity contribution in [3.05, 3.63) is 69.5 Å². The van der Waals surface area contributed by atoms with Crippen LogP contribution in [0.15, 0.2) is 36.4 Å². The minimum Gasteiger partial charge on any atom is -0.326 e. The number of carbonyl (C=O) groups is 1. The highest BCUT2D eigenvalue weighted by molar-refractivity contribution is 7.92. The van der Waals surface area contributed by atoms with Gasteiger partial charge >= 0.3 is 0 Å². The number of aryl methyl sites for hydroxylation is 3. The number of rotatable bonds is 7. The van der Waals surface area contributed by atoms with Crippen molar-refractivity contribution < 1.29 is 13.2 Å². The molecule has 1 amide bonds. The molecule has 0 aliphatic rings. The number of hydrogen-bond acceptors (Lipinski definition) is 4. The van der Waals surface area contributed by atoms with E-state index in [4.69, 9.17) is 11.6 Å². The predicted molar refractivity (Wildman–Crippen MR) is 129 cm³/mol. The van der Waals surface area contributed by atoms with Crippen LogP contribution in [0.4, 0.5) is 11.4 Å². The number of sulfonamides is 1. The fourth-order valence-corrected chi connectivity index (χ4v) is 4.24. The van der Waals surface area contributed by atoms with Crippen molar-refractivity contribution in [2.45, 2.75) is 41.0 Å². The highest BCUT2D eigenvalue weighted by Gasteiger charge is 2.17. The minimum atomic E-state index is -3.36. The molecular formula is C23H27ClN4O3S. The number of aromatic nitrogens is 2. The zero-order valence-corrected chi connectivity index (χ0v) is 20.4. The first kappa shape index (κ1) is 23.8. The largest absolute Gasteiger partial charge is 0.326 e. The zero-order chi connectivity index (χ0) is 23.6. The number of carbonyl (C=O) groups excluding carboxylic acids is 1. The Balaban J connectivity index is 1.76. The summed E-state index contributed by atoms with van der Waals surface area (Å²) >= 11 is 6.26. The minimum absolute atomic E-state index is 0.00783. The molecule has 3 rings (SSSR count). The summed E-state index contributed by atoms with van der Waals surface area (Å²) in [6.45, 7) is 9.10. The van der Waals surface area contributed by atoms with E-state index in [0.29, 0.717) is 16.4 Å². The lowest BCUT2D eigenvalue weighted by Gasteiger charge is -2.12. The van der Waals surface area contributed by atoms with Gasteiger partial charge in [-0.25, -0.2) is 13.1 Å². The van der Waals surface area contributed by atoms with Crippen LogP contribution in [0.2, 0.25) is 5.02 Å². The number of nitrogens with zero attached hydrogens (tertiary/aromatic N) is 2. The summed E-state index contributed by atoms with van der Waals surface area (Å²) in [6, 6.07) is 10.8. The molecular weight excluding hydrogens is 448 g/mol. The van der Waals surface area contributed by atoms with Crippen LogP contribution in [0, 0.1) is 27.7 Å². The Labute approximate surface area is 193 Å². The molecule has 0 spiro atoms. The van der Waals surface area contributed by atoms with Gasteiger partial charge in [-0.3, -0.25) is 9.52 Å². The summed E-state index contributed by atoms with van der Waals surface area (Å²) in [5.41, 5.74) is 6.14. The lowest BCUT2D eigenvalue weighted by Crippen LogP contribution is -2.17. The number of nitrogens with one attached hydrogen (secondary N) is 2. The Bertz CT molecular complexity index is 1280. The Morgan fingerprint density at radius 2 is 1.78 bits per heavy atom. The van der Waals surface area contributed by atoms with E-state index in [9.17, 15) is 13.2 Å². The average Bonchev–Trinajstić information content (AvgIpc) is 3.00. The van der Waals surface area contributed by atoms with Crippen LogP contribution in [0.5, 0.6) is 0 Å². The molecule has 1 heterocycles. The summed E-state index contributed by atoms with van der Waals surface area (Å²) in [5.74, 6) is -0.189. The predicted octanol–water partition coefficient (Wildman–Crippen LogP) is 4.70. The second-order valence-corrected chi connectivity index (χ2v) is 10.2. The summed E-state index contributed by atoms with van der Waals surface area (Å²) in [5, 5.41) is 8.13. The maximum Gasteiger partial charge on any atom is 0.232 e. The lowest BCUT2D eigenvalue weighted by molar-refractivity contribution is -0.115. The number of halogens is 1. The third-order valence-electron chi connectivity index (χ3n) is 5.33. The molecule has 0 fully saturated rings. The first-order valence-electron chi connectivity index (χ1n) is 10.2. The monoisotopic (exact) mass is 474 g/mol. The zero-order valence-electron chi connectivity index (χ0n) is 18.8. The van der Waals surface area contributed by atoms with E-state index in [0.717, 1.165) is 33.8 Å². The van der Waals surface area contributed by atoms with Crippen molar-refractivity contribution in [1.29, 1.82) is 0 Å². The van der Waals surface area contributed by atoms with Crippen LogP contribution in [-0.2, 0) is 21.2 Å². The summed E-state index contributed by atoms with van der Waals surface area (Å²) in [4.78, 5) is 12.7. The van der Waals surface area contributed by atoms with Crippen LogP contribution in [-0.4, -0.2) is 29.9 Å². The van der Waals surface area contributed by atoms with E-state index >= 15 is 0 Å². The molecule has 0 saturated carbocycles. The molecule has 170 valence electrons. The Morgan fingerprint density at radius 1 is 1.06 bits per heavy atom. The molecule has 1 aromatic heterocycles. The Kier molecular flexibility index (Phi) is 6.95. The van der Waals surface area contributed by atoms with E-state index < -0.39 is 10.0 Å². The molecule has 0 atom stereocenters. The third-order valence-corrected chi connectivity index (χ3v) is 7.03. The van der Waals surface area contributed by atoms with Crippen LogP contribution >= 0.6 is 11.6 Å². The van der Waals surface area contributed by atoms with Gasteiger partial charge in [0.05, 0.1) is 29.2 Å². The quantitative estimate of drug-likeness (QED) is 0.519. The molecule has 32 heavy (non-hydrogen) atoms. The molecule has 0 saturated heterocycles. The van der Waals surface area contributed by atoms with Gasteiger partial charge in [0, 0.05) is 22.0 Å². The van der Waals surface area contributed by atoms with E-state index in [-0.39, 0.29) is 18.1 Å². The highest BCUT2D eigenvalue weighted by Crippen LogP contribution is 2.24. The SMILES string of the molecule is CCS(=O)(=O)Nc1ccc(NC(=O)Cc2c(C)nn(-c3ccc(C)c(Cl)c3)c2C)cc1C. The van der Waals surface area contributed by atoms with Gasteiger partial charge in [0.25, 0.3) is 0 Å². The van der Waals surface area contributed by atoms with Gasteiger partial charge in [-0.05, 0) is 76.1 Å². The van der Waals surface area contributed by atoms with Crippen LogP contribution < -0.4 is 10.0 Å². The van der Waals surface area contributed by atoms with Gasteiger partial charge in [0.1, 0.15) is 0 Å². The van der Waals surface area contributed by atoms with E-state index in [1.54, 1.807) is 36.7 Å². The van der Waals surface area contributed by atoms with Gasteiger partial charge in [0.2, 0.25) is 15.9 Å². The van der Waals surface area contributed by atoms with Gasteiger partial charge in [0.15, 0.2) is 0 Å². The molecule has 0 aliphatic heterocycles. The normalized spacial score (nSPS) is 11.4. The average molecular weight is 475 g/mol. The Hall–Kier alpha value is -2.84. The van der Waals surface area contributed by atoms with Gasteiger partial charge in [-0.2, -0.15) is 5.10 Å². The van der Waals surface area contributed by atoms with Crippen LogP contribution in [0.25, 0.3) is 5.69 Å². The molecule has 0 bridgehead atoms. The molecule has 0 radical (unpaired) electrons. The van der Waals surface area contributed by atoms with Gasteiger partial charge in [-0.15, -0.1) is 0 Å². The number of anilines is 2. The second-order valence-electron chi connectivity index (χ2n) is 7.75. The van der Waals surface area contributed by atoms with Crippen LogP contribution in [0.3, 0.4) is 0 Å². The molecule has 2 aromatic carbocycles. The topological polar surface area (TPSA) is 93.1 Å². The first-order valence-corrected chi connectivity index (χ1v) is 12.3. The Morgan fingerprint density at radius 3 is 2.41 bits per heavy atom. The maximum atomic E-state index is 12.7. The van der Waals surface area contributed by atoms with Gasteiger partial charge in [-0.1, -0.05) is 17.7 Å². The van der Waals surface area contributed by atoms with E-state index in [2.05, 4.69) is 15.1 Å². The highest BCUT2D eigenvalue weighted by atomic mass is 35.5. The fourth-order valence-electron chi connectivity index (χ4n) is 3.36. The molecule has 3 aromatic rings. The standard InChI is InChI=1S/C23H27ClN4O3S/c1-6-32(30,31)27-22-10-8-18(11-15(22)3)25-23(29)13-20-16(4)26-28(17(20)5)19-9-7-14(2)21(24)12-19/h7-12,27H,6,13H2,1-5H3,(H,25,29). The molecule has 0 aliphatic carbocycles. The number of hydrogen-bond donors (Lipinski definition) is 2. The first-order chi connectivity index (χ1) is 15.0. The summed E-state index contributed by atoms with van der Waals surface area (Å²) in [6.07, 6.45) is 0.167. The van der Waals surface area contributed by atoms with Crippen molar-refractivity contribution in [3.8, 4) is 5.69 Å².